The Balaban J connectivity index is 1.46. The molecule has 5 aliphatic rings. The first-order valence-electron chi connectivity index (χ1n) is 14.0. The molecule has 1 heterocycles. The summed E-state index contributed by atoms with van der Waals surface area (Å²) in [4.78, 5) is 12.8. The van der Waals surface area contributed by atoms with Crippen LogP contribution in [-0.2, 0) is 9.53 Å². The SMILES string of the molecule is C[C@H]([C@@H]1CC[C@@H](C)[C@H](O)O1)[C@H]1CC[C@@]2(C)C3=C(CC[C@]12C)[C@@]1(C)CCC(=O)C(C)(C)[C@@H]1CC3. The average molecular weight is 457 g/mol. The molecule has 3 fully saturated rings. The van der Waals surface area contributed by atoms with Gasteiger partial charge in [-0.2, -0.15) is 0 Å². The van der Waals surface area contributed by atoms with Gasteiger partial charge in [-0.15, -0.1) is 0 Å². The number of hydrogen-bond acceptors (Lipinski definition) is 3. The van der Waals surface area contributed by atoms with E-state index in [4.69, 9.17) is 4.74 Å². The third kappa shape index (κ3) is 3.16. The van der Waals surface area contributed by atoms with E-state index in [9.17, 15) is 9.90 Å². The van der Waals surface area contributed by atoms with Gasteiger partial charge in [0.15, 0.2) is 6.29 Å². The summed E-state index contributed by atoms with van der Waals surface area (Å²) >= 11 is 0. The molecule has 5 rings (SSSR count). The summed E-state index contributed by atoms with van der Waals surface area (Å²) < 4.78 is 6.17. The van der Waals surface area contributed by atoms with E-state index < -0.39 is 6.29 Å². The molecule has 3 heteroatoms. The zero-order valence-corrected chi connectivity index (χ0v) is 22.3. The van der Waals surface area contributed by atoms with Crippen LogP contribution < -0.4 is 0 Å². The lowest BCUT2D eigenvalue weighted by Crippen LogP contribution is -2.54. The van der Waals surface area contributed by atoms with Crippen molar-refractivity contribution in [1.82, 2.24) is 0 Å². The van der Waals surface area contributed by atoms with Crippen molar-refractivity contribution >= 4 is 5.78 Å². The number of Topliss-reactive ketones (excluding diaryl/α,β-unsaturated/α-hetero) is 1. The standard InChI is InChI=1S/C30H48O3/c1-18-8-10-23(33-26(18)32)19(2)20-12-16-30(7)22-9-11-24-27(3,4)25(31)14-15-28(24,5)21(22)13-17-29(20,30)6/h18-20,23-24,26,32H,8-17H2,1-7H3/t18-,19+,20-,23+,24+,26-,28-,29-,30+/m1/s1. The van der Waals surface area contributed by atoms with Crippen LogP contribution in [-0.4, -0.2) is 23.3 Å². The van der Waals surface area contributed by atoms with Gasteiger partial charge in [-0.25, -0.2) is 0 Å². The molecule has 0 aromatic carbocycles. The molecule has 0 amide bonds. The summed E-state index contributed by atoms with van der Waals surface area (Å²) in [6.07, 6.45) is 11.0. The molecule has 1 N–H and O–H groups in total. The van der Waals surface area contributed by atoms with Crippen molar-refractivity contribution in [3.63, 3.8) is 0 Å². The van der Waals surface area contributed by atoms with Gasteiger partial charge in [0.05, 0.1) is 6.10 Å². The molecule has 186 valence electrons. The minimum absolute atomic E-state index is 0.184. The maximum Gasteiger partial charge on any atom is 0.157 e. The fourth-order valence-corrected chi connectivity index (χ4v) is 9.97. The molecular weight excluding hydrogens is 408 g/mol. The molecule has 0 bridgehead atoms. The van der Waals surface area contributed by atoms with Crippen LogP contribution in [0.1, 0.15) is 113 Å². The Hall–Kier alpha value is -0.670. The fraction of sp³-hybridized carbons (Fsp3) is 0.900. The van der Waals surface area contributed by atoms with Gasteiger partial charge in [-0.3, -0.25) is 4.79 Å². The van der Waals surface area contributed by atoms with Crippen LogP contribution in [0.2, 0.25) is 0 Å². The van der Waals surface area contributed by atoms with Gasteiger partial charge >= 0.3 is 0 Å². The van der Waals surface area contributed by atoms with Crippen molar-refractivity contribution in [2.45, 2.75) is 125 Å². The van der Waals surface area contributed by atoms with E-state index in [0.29, 0.717) is 29.0 Å². The molecule has 3 nitrogen and oxygen atoms in total. The third-order valence-corrected chi connectivity index (χ3v) is 12.5. The number of ketones is 1. The highest BCUT2D eigenvalue weighted by atomic mass is 16.6. The van der Waals surface area contributed by atoms with Crippen LogP contribution in [0, 0.1) is 45.3 Å². The van der Waals surface area contributed by atoms with Crippen LogP contribution in [0.5, 0.6) is 0 Å². The highest BCUT2D eigenvalue weighted by Crippen LogP contribution is 2.72. The lowest BCUT2D eigenvalue weighted by molar-refractivity contribution is -0.209. The molecule has 2 saturated carbocycles. The van der Waals surface area contributed by atoms with E-state index in [1.807, 2.05) is 0 Å². The zero-order chi connectivity index (χ0) is 24.0. The largest absolute Gasteiger partial charge is 0.368 e. The Morgan fingerprint density at radius 2 is 1.64 bits per heavy atom. The Morgan fingerprint density at radius 3 is 2.33 bits per heavy atom. The van der Waals surface area contributed by atoms with Gasteiger partial charge in [0.25, 0.3) is 0 Å². The van der Waals surface area contributed by atoms with Gasteiger partial charge in [0, 0.05) is 17.8 Å². The number of ether oxygens (including phenoxy) is 1. The number of aliphatic hydroxyl groups excluding tert-OH is 1. The van der Waals surface area contributed by atoms with Crippen molar-refractivity contribution in [3.05, 3.63) is 11.1 Å². The van der Waals surface area contributed by atoms with E-state index in [0.717, 1.165) is 25.7 Å². The van der Waals surface area contributed by atoms with E-state index in [2.05, 4.69) is 48.5 Å². The van der Waals surface area contributed by atoms with Crippen LogP contribution >= 0.6 is 0 Å². The van der Waals surface area contributed by atoms with Crippen molar-refractivity contribution in [2.75, 3.05) is 0 Å². The van der Waals surface area contributed by atoms with Gasteiger partial charge in [-0.05, 0) is 91.8 Å². The minimum Gasteiger partial charge on any atom is -0.368 e. The Kier molecular flexibility index (Phi) is 5.58. The lowest BCUT2D eigenvalue weighted by atomic mass is 9.43. The minimum atomic E-state index is -0.597. The topological polar surface area (TPSA) is 46.5 Å². The van der Waals surface area contributed by atoms with Gasteiger partial charge < -0.3 is 9.84 Å². The second-order valence-corrected chi connectivity index (χ2v) is 14.0. The monoisotopic (exact) mass is 456 g/mol. The quantitative estimate of drug-likeness (QED) is 0.452. The number of hydrogen-bond donors (Lipinski definition) is 1. The van der Waals surface area contributed by atoms with Crippen LogP contribution in [0.25, 0.3) is 0 Å². The van der Waals surface area contributed by atoms with E-state index in [1.54, 1.807) is 11.1 Å². The summed E-state index contributed by atoms with van der Waals surface area (Å²) in [5.74, 6) is 2.37. The van der Waals surface area contributed by atoms with Gasteiger partial charge in [-0.1, -0.05) is 59.6 Å². The molecule has 0 aromatic heterocycles. The Labute approximate surface area is 202 Å². The number of allylic oxidation sites excluding steroid dienone is 2. The highest BCUT2D eigenvalue weighted by molar-refractivity contribution is 5.85. The maximum atomic E-state index is 12.8. The second kappa shape index (κ2) is 7.66. The normalized spacial score (nSPS) is 50.4. The zero-order valence-electron chi connectivity index (χ0n) is 22.3. The number of carbonyl (C=O) groups is 1. The van der Waals surface area contributed by atoms with Gasteiger partial charge in [0.2, 0.25) is 0 Å². The summed E-state index contributed by atoms with van der Waals surface area (Å²) in [7, 11) is 0. The molecule has 33 heavy (non-hydrogen) atoms. The fourth-order valence-electron chi connectivity index (χ4n) is 9.97. The first kappa shape index (κ1) is 24.0. The van der Waals surface area contributed by atoms with Crippen LogP contribution in [0.4, 0.5) is 0 Å². The number of rotatable bonds is 2. The van der Waals surface area contributed by atoms with Crippen molar-refractivity contribution < 1.29 is 14.6 Å². The predicted molar refractivity (Wildman–Crippen MR) is 132 cm³/mol. The first-order chi connectivity index (χ1) is 15.4. The second-order valence-electron chi connectivity index (χ2n) is 14.0. The molecule has 4 aliphatic carbocycles. The molecule has 0 radical (unpaired) electrons. The number of carbonyl (C=O) groups excluding carboxylic acids is 1. The molecule has 0 aromatic rings. The summed E-state index contributed by atoms with van der Waals surface area (Å²) in [5, 5.41) is 10.4. The summed E-state index contributed by atoms with van der Waals surface area (Å²) in [5.41, 5.74) is 4.12. The average Bonchev–Trinajstić information content (AvgIpc) is 3.04. The van der Waals surface area contributed by atoms with E-state index in [1.165, 1.54) is 38.5 Å². The molecule has 9 atom stereocenters. The molecule has 1 saturated heterocycles. The Morgan fingerprint density at radius 1 is 0.909 bits per heavy atom. The third-order valence-electron chi connectivity index (χ3n) is 12.5. The molecule has 0 unspecified atom stereocenters. The van der Waals surface area contributed by atoms with Crippen molar-refractivity contribution in [3.8, 4) is 0 Å². The van der Waals surface area contributed by atoms with Crippen LogP contribution in [0.3, 0.4) is 0 Å². The lowest BCUT2D eigenvalue weighted by Gasteiger charge is -2.61. The molecule has 0 spiro atoms. The smallest absolute Gasteiger partial charge is 0.157 e. The van der Waals surface area contributed by atoms with Crippen molar-refractivity contribution in [2.24, 2.45) is 45.3 Å². The first-order valence-corrected chi connectivity index (χ1v) is 14.0. The van der Waals surface area contributed by atoms with Crippen LogP contribution in [0.15, 0.2) is 11.1 Å². The maximum absolute atomic E-state index is 12.8. The van der Waals surface area contributed by atoms with Crippen molar-refractivity contribution in [1.29, 1.82) is 0 Å². The van der Waals surface area contributed by atoms with E-state index in [-0.39, 0.29) is 28.3 Å². The van der Waals surface area contributed by atoms with Gasteiger partial charge in [0.1, 0.15) is 5.78 Å². The van der Waals surface area contributed by atoms with E-state index >= 15 is 0 Å². The summed E-state index contributed by atoms with van der Waals surface area (Å²) in [6.45, 7) is 16.7. The molecule has 1 aliphatic heterocycles. The predicted octanol–water partition coefficient (Wildman–Crippen LogP) is 7.07. The number of aliphatic hydroxyl groups is 1. The number of fused-ring (bicyclic) bond motifs is 4. The molecular formula is C30H48O3. The Bertz CT molecular complexity index is 857. The summed E-state index contributed by atoms with van der Waals surface area (Å²) in [6, 6.07) is 0. The highest BCUT2D eigenvalue weighted by Gasteiger charge is 2.63.